The number of nitrogens with one attached hydrogen (secondary N) is 1. The number of carbonyl (C=O) groups is 3. The van der Waals surface area contributed by atoms with Gasteiger partial charge < -0.3 is 19.9 Å². The van der Waals surface area contributed by atoms with Crippen molar-refractivity contribution in [2.75, 3.05) is 19.5 Å². The second-order valence-electron chi connectivity index (χ2n) is 10.0. The monoisotopic (exact) mass is 571 g/mol. The molecule has 0 heterocycles. The second-order valence-corrected chi connectivity index (χ2v) is 11.2. The molecule has 0 saturated heterocycles. The molecule has 2 aromatic carbocycles. The van der Waals surface area contributed by atoms with E-state index in [4.69, 9.17) is 4.74 Å². The van der Waals surface area contributed by atoms with Crippen LogP contribution >= 0.6 is 11.8 Å². The zero-order valence-electron chi connectivity index (χ0n) is 24.2. The van der Waals surface area contributed by atoms with Crippen LogP contribution in [-0.4, -0.2) is 43.3 Å². The number of ether oxygens (including phenoxy) is 2. The molecule has 0 aromatic heterocycles. The quantitative estimate of drug-likeness (QED) is 0.0808. The van der Waals surface area contributed by atoms with E-state index in [9.17, 15) is 19.5 Å². The molecule has 8 heteroatoms. The van der Waals surface area contributed by atoms with Crippen LogP contribution in [0.4, 0.5) is 5.69 Å². The molecule has 0 aliphatic carbocycles. The lowest BCUT2D eigenvalue weighted by molar-refractivity contribution is -0.143. The molecular weight excluding hydrogens is 526 g/mol. The van der Waals surface area contributed by atoms with E-state index < -0.39 is 18.0 Å². The van der Waals surface area contributed by atoms with Crippen molar-refractivity contribution in [2.45, 2.75) is 100 Å². The van der Waals surface area contributed by atoms with Gasteiger partial charge in [0.05, 0.1) is 25.6 Å². The Hall–Kier alpha value is -2.84. The highest BCUT2D eigenvalue weighted by Gasteiger charge is 2.23. The molecule has 2 N–H and O–H groups in total. The number of thioether (sulfide) groups is 1. The number of anilines is 1. The lowest BCUT2D eigenvalue weighted by atomic mass is 9.99. The van der Waals surface area contributed by atoms with E-state index in [1.54, 1.807) is 6.07 Å². The molecule has 2 aromatic rings. The first-order valence-electron chi connectivity index (χ1n) is 14.3. The molecule has 0 aliphatic heterocycles. The first-order chi connectivity index (χ1) is 19.4. The van der Waals surface area contributed by atoms with Crippen LogP contribution in [0.1, 0.15) is 93.9 Å². The van der Waals surface area contributed by atoms with Crippen molar-refractivity contribution in [3.05, 3.63) is 59.7 Å². The average molecular weight is 572 g/mol. The third-order valence-electron chi connectivity index (χ3n) is 6.75. The molecule has 1 amide bonds. The maximum Gasteiger partial charge on any atom is 0.315 e. The predicted molar refractivity (Wildman–Crippen MR) is 160 cm³/mol. The molecule has 0 radical (unpaired) electrons. The Morgan fingerprint density at radius 2 is 1.57 bits per heavy atom. The van der Waals surface area contributed by atoms with Gasteiger partial charge in [0.25, 0.3) is 0 Å². The fourth-order valence-electron chi connectivity index (χ4n) is 4.43. The Labute approximate surface area is 243 Å². The molecular formula is C32H45NO6S. The number of aryl methyl sites for hydroxylation is 1. The molecule has 0 saturated carbocycles. The molecule has 0 bridgehead atoms. The summed E-state index contributed by atoms with van der Waals surface area (Å²) in [4.78, 5) is 35.9. The van der Waals surface area contributed by atoms with Gasteiger partial charge in [-0.2, -0.15) is 0 Å². The fraction of sp³-hybridized carbons (Fsp3) is 0.531. The van der Waals surface area contributed by atoms with Gasteiger partial charge in [0.1, 0.15) is 6.42 Å². The molecule has 2 atom stereocenters. The standard InChI is InChI=1S/C32H45NO6S/c1-4-5-6-7-8-9-13-24-18-20-25(21-19-24)32(28(34)16-10-11-17-30(36)38-2)40-27-15-12-14-26(22-27)33-29(35)23-31(37)39-3/h12,14-15,18-22,28,32,34H,4-11,13,16-17,23H2,1-3H3,(H,33,35). The third-order valence-corrected chi connectivity index (χ3v) is 8.11. The van der Waals surface area contributed by atoms with Crippen LogP contribution in [0.5, 0.6) is 0 Å². The summed E-state index contributed by atoms with van der Waals surface area (Å²) in [6.07, 6.45) is 9.88. The lowest BCUT2D eigenvalue weighted by Gasteiger charge is -2.24. The third kappa shape index (κ3) is 13.0. The molecule has 2 rings (SSSR count). The van der Waals surface area contributed by atoms with Crippen molar-refractivity contribution in [1.29, 1.82) is 0 Å². The van der Waals surface area contributed by atoms with Crippen molar-refractivity contribution in [3.63, 3.8) is 0 Å². The van der Waals surface area contributed by atoms with Crippen LogP contribution < -0.4 is 5.32 Å². The van der Waals surface area contributed by atoms with Gasteiger partial charge in [0.2, 0.25) is 5.91 Å². The minimum absolute atomic E-state index is 0.234. The predicted octanol–water partition coefficient (Wildman–Crippen LogP) is 7.02. The molecule has 2 unspecified atom stereocenters. The normalized spacial score (nSPS) is 12.4. The number of carbonyl (C=O) groups excluding carboxylic acids is 3. The highest BCUT2D eigenvalue weighted by Crippen LogP contribution is 2.40. The van der Waals surface area contributed by atoms with Gasteiger partial charge in [-0.1, -0.05) is 75.8 Å². The summed E-state index contributed by atoms with van der Waals surface area (Å²) in [6.45, 7) is 2.23. The number of amides is 1. The molecule has 7 nitrogen and oxygen atoms in total. The van der Waals surface area contributed by atoms with Crippen LogP contribution in [0.25, 0.3) is 0 Å². The van der Waals surface area contributed by atoms with E-state index in [0.717, 1.165) is 16.9 Å². The minimum Gasteiger partial charge on any atom is -0.469 e. The number of aliphatic hydroxyl groups excluding tert-OH is 1. The Balaban J connectivity index is 2.09. The van der Waals surface area contributed by atoms with Crippen LogP contribution in [0, 0.1) is 0 Å². The zero-order chi connectivity index (χ0) is 29.2. The van der Waals surface area contributed by atoms with Crippen molar-refractivity contribution >= 4 is 35.3 Å². The van der Waals surface area contributed by atoms with E-state index in [0.29, 0.717) is 31.4 Å². The maximum absolute atomic E-state index is 12.1. The van der Waals surface area contributed by atoms with Crippen LogP contribution in [0.2, 0.25) is 0 Å². The van der Waals surface area contributed by atoms with E-state index in [1.807, 2.05) is 18.2 Å². The van der Waals surface area contributed by atoms with Gasteiger partial charge in [0, 0.05) is 17.0 Å². The summed E-state index contributed by atoms with van der Waals surface area (Å²) in [5.74, 6) is -1.29. The van der Waals surface area contributed by atoms with Crippen LogP contribution in [0.15, 0.2) is 53.4 Å². The van der Waals surface area contributed by atoms with Crippen molar-refractivity contribution in [2.24, 2.45) is 0 Å². The summed E-state index contributed by atoms with van der Waals surface area (Å²) < 4.78 is 9.28. The summed E-state index contributed by atoms with van der Waals surface area (Å²) >= 11 is 1.53. The smallest absolute Gasteiger partial charge is 0.315 e. The van der Waals surface area contributed by atoms with Gasteiger partial charge in [-0.3, -0.25) is 14.4 Å². The first kappa shape index (κ1) is 33.4. The number of rotatable bonds is 19. The molecule has 40 heavy (non-hydrogen) atoms. The molecule has 0 fully saturated rings. The number of hydrogen-bond acceptors (Lipinski definition) is 7. The highest BCUT2D eigenvalue weighted by atomic mass is 32.2. The topological polar surface area (TPSA) is 102 Å². The Morgan fingerprint density at radius 3 is 2.27 bits per heavy atom. The molecule has 0 aliphatic rings. The number of esters is 2. The van der Waals surface area contributed by atoms with Crippen molar-refractivity contribution in [3.8, 4) is 0 Å². The van der Waals surface area contributed by atoms with Crippen molar-refractivity contribution in [1.82, 2.24) is 0 Å². The largest absolute Gasteiger partial charge is 0.469 e. The minimum atomic E-state index is -0.635. The van der Waals surface area contributed by atoms with Gasteiger partial charge in [0.15, 0.2) is 0 Å². The summed E-state index contributed by atoms with van der Waals surface area (Å²) in [6, 6.07) is 15.9. The lowest BCUT2D eigenvalue weighted by Crippen LogP contribution is -2.17. The van der Waals surface area contributed by atoms with Gasteiger partial charge in [-0.25, -0.2) is 0 Å². The molecule has 220 valence electrons. The zero-order valence-corrected chi connectivity index (χ0v) is 25.0. The van der Waals surface area contributed by atoms with Crippen LogP contribution in [0.3, 0.4) is 0 Å². The van der Waals surface area contributed by atoms with E-state index in [-0.39, 0.29) is 17.6 Å². The Morgan fingerprint density at radius 1 is 0.875 bits per heavy atom. The van der Waals surface area contributed by atoms with Gasteiger partial charge >= 0.3 is 11.9 Å². The van der Waals surface area contributed by atoms with Crippen molar-refractivity contribution < 1.29 is 29.0 Å². The highest BCUT2D eigenvalue weighted by molar-refractivity contribution is 7.99. The molecule has 0 spiro atoms. The Bertz CT molecular complexity index is 1040. The second kappa shape index (κ2) is 19.3. The summed E-state index contributed by atoms with van der Waals surface area (Å²) in [7, 11) is 2.63. The van der Waals surface area contributed by atoms with Crippen LogP contribution in [-0.2, 0) is 30.3 Å². The average Bonchev–Trinajstić information content (AvgIpc) is 2.96. The number of aliphatic hydroxyl groups is 1. The number of unbranched alkanes of at least 4 members (excludes halogenated alkanes) is 6. The summed E-state index contributed by atoms with van der Waals surface area (Å²) in [5, 5.41) is 13.7. The number of hydrogen-bond donors (Lipinski definition) is 2. The van der Waals surface area contributed by atoms with E-state index in [2.05, 4.69) is 41.2 Å². The first-order valence-corrected chi connectivity index (χ1v) is 15.2. The summed E-state index contributed by atoms with van der Waals surface area (Å²) in [5.41, 5.74) is 2.89. The van der Waals surface area contributed by atoms with Gasteiger partial charge in [-0.05, 0) is 55.0 Å². The SMILES string of the molecule is CCCCCCCCc1ccc(C(Sc2cccc(NC(=O)CC(=O)OC)c2)C(O)CCCCC(=O)OC)cc1. The number of methoxy groups -OCH3 is 2. The maximum atomic E-state index is 12.1. The van der Waals surface area contributed by atoms with E-state index >= 15 is 0 Å². The number of benzene rings is 2. The fourth-order valence-corrected chi connectivity index (χ4v) is 5.66. The Kier molecular flexibility index (Phi) is 16.1. The van der Waals surface area contributed by atoms with E-state index in [1.165, 1.54) is 70.1 Å². The van der Waals surface area contributed by atoms with Gasteiger partial charge in [-0.15, -0.1) is 11.8 Å².